The third-order valence-corrected chi connectivity index (χ3v) is 6.35. The molecule has 9 heteroatoms. The van der Waals surface area contributed by atoms with Gasteiger partial charge in [-0.2, -0.15) is 4.98 Å². The fourth-order valence-corrected chi connectivity index (χ4v) is 4.11. The molecule has 2 heterocycles. The Balaban J connectivity index is 1.70. The molecule has 2 aromatic carbocycles. The van der Waals surface area contributed by atoms with Crippen molar-refractivity contribution in [3.05, 3.63) is 91.8 Å². The molecule has 0 unspecified atom stereocenters. The Hall–Kier alpha value is -3.23. The second-order valence-electron chi connectivity index (χ2n) is 8.18. The summed E-state index contributed by atoms with van der Waals surface area (Å²) in [6, 6.07) is 14.8. The molecule has 0 saturated heterocycles. The molecule has 0 radical (unpaired) electrons. The number of methoxy groups -OCH3 is 1. The third kappa shape index (κ3) is 5.39. The fraction of sp³-hybridized carbons (Fsp3) is 0.231. The van der Waals surface area contributed by atoms with Gasteiger partial charge in [-0.25, -0.2) is 9.97 Å². The number of aromatic nitrogens is 4. The Morgan fingerprint density at radius 1 is 1.11 bits per heavy atom. The van der Waals surface area contributed by atoms with Crippen molar-refractivity contribution in [2.45, 2.75) is 33.3 Å². The number of rotatable bonds is 7. The predicted octanol–water partition coefficient (Wildman–Crippen LogP) is 6.12. The molecule has 0 spiro atoms. The zero-order valence-electron chi connectivity index (χ0n) is 19.8. The number of halogens is 2. The number of hydrogen-bond acceptors (Lipinski definition) is 6. The van der Waals surface area contributed by atoms with Gasteiger partial charge in [0, 0.05) is 17.7 Å². The van der Waals surface area contributed by atoms with Crippen LogP contribution in [-0.2, 0) is 6.61 Å². The summed E-state index contributed by atoms with van der Waals surface area (Å²) in [7, 11) is 1.61. The average Bonchev–Trinajstić information content (AvgIpc) is 2.86. The summed E-state index contributed by atoms with van der Waals surface area (Å²) in [5.41, 5.74) is 2.62. The number of benzene rings is 2. The lowest BCUT2D eigenvalue weighted by Gasteiger charge is -2.16. The molecule has 4 aromatic rings. The maximum atomic E-state index is 13.4. The van der Waals surface area contributed by atoms with Crippen LogP contribution in [0.1, 0.15) is 37.0 Å². The first-order chi connectivity index (χ1) is 16.8. The van der Waals surface area contributed by atoms with Crippen molar-refractivity contribution in [3.63, 3.8) is 0 Å². The van der Waals surface area contributed by atoms with Crippen LogP contribution in [0.4, 0.5) is 0 Å². The molecule has 0 aliphatic rings. The van der Waals surface area contributed by atoms with E-state index in [1.807, 2.05) is 56.3 Å². The summed E-state index contributed by atoms with van der Waals surface area (Å²) >= 11 is 9.90. The minimum atomic E-state index is -0.331. The molecular formula is C26H24BrClN4O3. The molecule has 35 heavy (non-hydrogen) atoms. The van der Waals surface area contributed by atoms with Gasteiger partial charge in [0.25, 0.3) is 5.56 Å². The van der Waals surface area contributed by atoms with Crippen molar-refractivity contribution in [1.29, 1.82) is 0 Å². The SMILES string of the molecule is COc1cccc(COc2nc(C)n(-c3cc(-c4ccnc(C(C)C)n4)ccc3Cl)c(=O)c2Br)c1. The minimum absolute atomic E-state index is 0.191. The zero-order valence-corrected chi connectivity index (χ0v) is 22.1. The second-order valence-corrected chi connectivity index (χ2v) is 9.38. The molecule has 0 aliphatic carbocycles. The van der Waals surface area contributed by atoms with Gasteiger partial charge in [0.15, 0.2) is 0 Å². The normalized spacial score (nSPS) is 11.1. The minimum Gasteiger partial charge on any atom is -0.497 e. The van der Waals surface area contributed by atoms with Crippen molar-refractivity contribution in [2.24, 2.45) is 0 Å². The highest BCUT2D eigenvalue weighted by molar-refractivity contribution is 9.10. The molecule has 2 aromatic heterocycles. The van der Waals surface area contributed by atoms with Gasteiger partial charge in [0.05, 0.1) is 23.5 Å². The Morgan fingerprint density at radius 3 is 2.66 bits per heavy atom. The van der Waals surface area contributed by atoms with E-state index >= 15 is 0 Å². The first-order valence-electron chi connectivity index (χ1n) is 11.0. The lowest BCUT2D eigenvalue weighted by molar-refractivity contribution is 0.288. The van der Waals surface area contributed by atoms with Gasteiger partial charge < -0.3 is 9.47 Å². The van der Waals surface area contributed by atoms with Crippen LogP contribution in [0.25, 0.3) is 16.9 Å². The van der Waals surface area contributed by atoms with Crippen LogP contribution in [0, 0.1) is 6.92 Å². The molecule has 0 bridgehead atoms. The Labute approximate surface area is 216 Å². The first kappa shape index (κ1) is 24.9. The van der Waals surface area contributed by atoms with E-state index in [0.29, 0.717) is 16.5 Å². The van der Waals surface area contributed by atoms with E-state index in [2.05, 4.69) is 30.9 Å². The Kier molecular flexibility index (Phi) is 7.52. The van der Waals surface area contributed by atoms with Gasteiger partial charge in [0.2, 0.25) is 5.88 Å². The fourth-order valence-electron chi connectivity index (χ4n) is 3.53. The standard InChI is InChI=1S/C26H24BrClN4O3/c1-15(2)24-29-11-10-21(31-24)18-8-9-20(28)22(13-18)32-16(3)30-25(23(27)26(32)33)35-14-17-6-5-7-19(12-17)34-4/h5-13,15H,14H2,1-4H3. The quantitative estimate of drug-likeness (QED) is 0.273. The van der Waals surface area contributed by atoms with E-state index in [1.54, 1.807) is 26.3 Å². The monoisotopic (exact) mass is 554 g/mol. The van der Waals surface area contributed by atoms with Gasteiger partial charge in [0.1, 0.15) is 28.5 Å². The van der Waals surface area contributed by atoms with E-state index in [4.69, 9.17) is 21.1 Å². The van der Waals surface area contributed by atoms with Crippen molar-refractivity contribution in [1.82, 2.24) is 19.5 Å². The summed E-state index contributed by atoms with van der Waals surface area (Å²) in [6.45, 7) is 6.04. The highest BCUT2D eigenvalue weighted by Crippen LogP contribution is 2.29. The van der Waals surface area contributed by atoms with Gasteiger partial charge in [-0.05, 0) is 58.7 Å². The first-order valence-corrected chi connectivity index (χ1v) is 12.1. The van der Waals surface area contributed by atoms with Crippen LogP contribution in [0.15, 0.2) is 64.0 Å². The molecule has 0 atom stereocenters. The van der Waals surface area contributed by atoms with Gasteiger partial charge >= 0.3 is 0 Å². The van der Waals surface area contributed by atoms with Crippen molar-refractivity contribution < 1.29 is 9.47 Å². The predicted molar refractivity (Wildman–Crippen MR) is 140 cm³/mol. The van der Waals surface area contributed by atoms with E-state index in [0.717, 1.165) is 28.4 Å². The van der Waals surface area contributed by atoms with Crippen LogP contribution in [-0.4, -0.2) is 26.6 Å². The lowest BCUT2D eigenvalue weighted by atomic mass is 10.1. The van der Waals surface area contributed by atoms with Crippen molar-refractivity contribution >= 4 is 27.5 Å². The van der Waals surface area contributed by atoms with Crippen LogP contribution >= 0.6 is 27.5 Å². The lowest BCUT2D eigenvalue weighted by Crippen LogP contribution is -2.24. The summed E-state index contributed by atoms with van der Waals surface area (Å²) in [4.78, 5) is 26.9. The molecule has 0 aliphatic heterocycles. The largest absolute Gasteiger partial charge is 0.497 e. The number of hydrogen-bond donors (Lipinski definition) is 0. The average molecular weight is 556 g/mol. The number of nitrogens with zero attached hydrogens (tertiary/aromatic N) is 4. The smallest absolute Gasteiger partial charge is 0.276 e. The van der Waals surface area contributed by atoms with Gasteiger partial charge in [-0.15, -0.1) is 0 Å². The molecule has 0 N–H and O–H groups in total. The van der Waals surface area contributed by atoms with Crippen LogP contribution < -0.4 is 15.0 Å². The highest BCUT2D eigenvalue weighted by atomic mass is 79.9. The van der Waals surface area contributed by atoms with Crippen LogP contribution in [0.5, 0.6) is 11.6 Å². The van der Waals surface area contributed by atoms with E-state index < -0.39 is 0 Å². The van der Waals surface area contributed by atoms with Crippen LogP contribution in [0.3, 0.4) is 0 Å². The zero-order chi connectivity index (χ0) is 25.1. The molecule has 0 amide bonds. The van der Waals surface area contributed by atoms with E-state index in [-0.39, 0.29) is 28.4 Å². The topological polar surface area (TPSA) is 79.1 Å². The van der Waals surface area contributed by atoms with Gasteiger partial charge in [-0.1, -0.05) is 43.6 Å². The summed E-state index contributed by atoms with van der Waals surface area (Å²) in [5, 5.41) is 0.413. The van der Waals surface area contributed by atoms with Crippen molar-refractivity contribution in [3.8, 4) is 28.6 Å². The van der Waals surface area contributed by atoms with E-state index in [9.17, 15) is 4.79 Å². The maximum Gasteiger partial charge on any atom is 0.276 e. The van der Waals surface area contributed by atoms with E-state index in [1.165, 1.54) is 4.57 Å². The molecule has 0 saturated carbocycles. The molecule has 0 fully saturated rings. The number of ether oxygens (including phenoxy) is 2. The summed E-state index contributed by atoms with van der Waals surface area (Å²) in [6.07, 6.45) is 1.73. The summed E-state index contributed by atoms with van der Waals surface area (Å²) in [5.74, 6) is 2.30. The molecule has 4 rings (SSSR count). The molecule has 7 nitrogen and oxygen atoms in total. The highest BCUT2D eigenvalue weighted by Gasteiger charge is 2.18. The second kappa shape index (κ2) is 10.6. The number of aryl methyl sites for hydroxylation is 1. The van der Waals surface area contributed by atoms with Gasteiger partial charge in [-0.3, -0.25) is 9.36 Å². The van der Waals surface area contributed by atoms with Crippen molar-refractivity contribution in [2.75, 3.05) is 7.11 Å². The van der Waals surface area contributed by atoms with Crippen LogP contribution in [0.2, 0.25) is 5.02 Å². The third-order valence-electron chi connectivity index (χ3n) is 5.35. The Morgan fingerprint density at radius 2 is 1.91 bits per heavy atom. The molecule has 180 valence electrons. The maximum absolute atomic E-state index is 13.4. The Bertz CT molecular complexity index is 1440. The molecular weight excluding hydrogens is 532 g/mol. The summed E-state index contributed by atoms with van der Waals surface area (Å²) < 4.78 is 12.8.